The molecular formula is C24H28F5N7O2. The van der Waals surface area contributed by atoms with E-state index in [0.717, 1.165) is 0 Å². The second-order valence-electron chi connectivity index (χ2n) is 9.69. The van der Waals surface area contributed by atoms with Crippen molar-refractivity contribution >= 4 is 22.8 Å². The minimum atomic E-state index is -4.42. The van der Waals surface area contributed by atoms with Crippen LogP contribution in [-0.2, 0) is 11.8 Å². The number of nitrogens with zero attached hydrogens (tertiary/aromatic N) is 4. The molecule has 0 radical (unpaired) electrons. The fraction of sp³-hybridized carbons (Fsp3) is 0.542. The summed E-state index contributed by atoms with van der Waals surface area (Å²) < 4.78 is 66.3. The van der Waals surface area contributed by atoms with Gasteiger partial charge in [0.05, 0.1) is 29.5 Å². The van der Waals surface area contributed by atoms with Gasteiger partial charge >= 0.3 is 6.18 Å². The van der Waals surface area contributed by atoms with E-state index in [-0.39, 0.29) is 37.4 Å². The first-order valence-electron chi connectivity index (χ1n) is 12.2. The minimum absolute atomic E-state index is 0.0628. The highest BCUT2D eigenvalue weighted by Crippen LogP contribution is 2.41. The number of alkyl halides is 5. The number of fused-ring (bicyclic) bond motifs is 1. The summed E-state index contributed by atoms with van der Waals surface area (Å²) in [5.41, 5.74) is 1.73. The Morgan fingerprint density at radius 1 is 1.21 bits per heavy atom. The summed E-state index contributed by atoms with van der Waals surface area (Å²) in [7, 11) is 1.61. The summed E-state index contributed by atoms with van der Waals surface area (Å²) in [5.74, 6) is -4.04. The van der Waals surface area contributed by atoms with Crippen molar-refractivity contribution in [2.45, 2.75) is 69.6 Å². The van der Waals surface area contributed by atoms with Crippen molar-refractivity contribution in [3.63, 3.8) is 0 Å². The van der Waals surface area contributed by atoms with Gasteiger partial charge in [-0.05, 0) is 43.4 Å². The number of benzene rings is 1. The van der Waals surface area contributed by atoms with Crippen LogP contribution in [0.2, 0.25) is 0 Å². The summed E-state index contributed by atoms with van der Waals surface area (Å²) in [6, 6.07) is 3.79. The zero-order valence-corrected chi connectivity index (χ0v) is 20.8. The number of halogens is 5. The number of nitrogens with one attached hydrogen (secondary N) is 3. The zero-order chi connectivity index (χ0) is 27.7. The molecule has 0 spiro atoms. The number of carbonyl (C=O) groups is 2. The molecule has 0 aliphatic heterocycles. The molecule has 1 aliphatic rings. The van der Waals surface area contributed by atoms with Gasteiger partial charge in [0.2, 0.25) is 17.7 Å². The zero-order valence-electron chi connectivity index (χ0n) is 20.8. The van der Waals surface area contributed by atoms with Crippen LogP contribution in [0.25, 0.3) is 11.0 Å². The maximum absolute atomic E-state index is 13.8. The summed E-state index contributed by atoms with van der Waals surface area (Å²) in [5, 5.41) is 9.39. The number of amides is 2. The molecule has 0 unspecified atom stereocenters. The van der Waals surface area contributed by atoms with Crippen LogP contribution in [0.3, 0.4) is 0 Å². The van der Waals surface area contributed by atoms with Crippen LogP contribution in [0.5, 0.6) is 0 Å². The van der Waals surface area contributed by atoms with E-state index in [1.165, 1.54) is 11.0 Å². The second kappa shape index (κ2) is 10.7. The Hall–Kier alpha value is -3.58. The number of carbonyl (C=O) groups excluding carboxylic acids is 2. The van der Waals surface area contributed by atoms with Gasteiger partial charge in [0.1, 0.15) is 12.2 Å². The molecule has 1 aliphatic carbocycles. The van der Waals surface area contributed by atoms with E-state index in [9.17, 15) is 31.5 Å². The highest BCUT2D eigenvalue weighted by Gasteiger charge is 2.39. The van der Waals surface area contributed by atoms with Crippen molar-refractivity contribution in [3.8, 4) is 0 Å². The van der Waals surface area contributed by atoms with Gasteiger partial charge in [0.15, 0.2) is 0 Å². The molecular weight excluding hydrogens is 513 g/mol. The van der Waals surface area contributed by atoms with Gasteiger partial charge in [-0.2, -0.15) is 13.2 Å². The van der Waals surface area contributed by atoms with Gasteiger partial charge in [0, 0.05) is 26.3 Å². The van der Waals surface area contributed by atoms with Crippen LogP contribution in [0.4, 0.5) is 22.0 Å². The first kappa shape index (κ1) is 27.5. The standard InChI is InChI=1S/C24H28F5N7O2/c1-13(31-18(37)7-10-24(27,28)29)15-3-4-16-17(11-15)33-20(32-16)19(14-5-8-23(25,26)9-6-14)34-22(38)21-30-12-36(2)35-21/h3-4,11-14,19H,5-10H2,1-2H3,(H,31,37)(H,32,33)(H,34,38)/t13-,19+/m1/s1. The third-order valence-electron chi connectivity index (χ3n) is 6.65. The lowest BCUT2D eigenvalue weighted by Crippen LogP contribution is -2.38. The number of hydrogen-bond donors (Lipinski definition) is 3. The first-order chi connectivity index (χ1) is 17.8. The molecule has 38 heavy (non-hydrogen) atoms. The molecule has 3 N–H and O–H groups in total. The largest absolute Gasteiger partial charge is 0.389 e. The van der Waals surface area contributed by atoms with E-state index in [1.54, 1.807) is 32.2 Å². The predicted octanol–water partition coefficient (Wildman–Crippen LogP) is 4.51. The molecule has 3 aromatic rings. The molecule has 1 saturated carbocycles. The van der Waals surface area contributed by atoms with E-state index >= 15 is 0 Å². The predicted molar refractivity (Wildman–Crippen MR) is 126 cm³/mol. The second-order valence-corrected chi connectivity index (χ2v) is 9.69. The highest BCUT2D eigenvalue weighted by molar-refractivity contribution is 5.90. The van der Waals surface area contributed by atoms with Gasteiger partial charge in [-0.25, -0.2) is 18.7 Å². The van der Waals surface area contributed by atoms with Crippen molar-refractivity contribution in [2.24, 2.45) is 13.0 Å². The third-order valence-corrected chi connectivity index (χ3v) is 6.65. The van der Waals surface area contributed by atoms with Crippen molar-refractivity contribution in [2.75, 3.05) is 0 Å². The topological polar surface area (TPSA) is 118 Å². The van der Waals surface area contributed by atoms with Crippen LogP contribution < -0.4 is 10.6 Å². The fourth-order valence-electron chi connectivity index (χ4n) is 4.57. The Morgan fingerprint density at radius 3 is 2.55 bits per heavy atom. The molecule has 0 saturated heterocycles. The molecule has 1 aromatic carbocycles. The quantitative estimate of drug-likeness (QED) is 0.363. The molecule has 4 rings (SSSR count). The van der Waals surface area contributed by atoms with Gasteiger partial charge in [-0.15, -0.1) is 5.10 Å². The highest BCUT2D eigenvalue weighted by atomic mass is 19.4. The van der Waals surface area contributed by atoms with E-state index in [4.69, 9.17) is 0 Å². The summed E-state index contributed by atoms with van der Waals surface area (Å²) in [6.45, 7) is 1.65. The lowest BCUT2D eigenvalue weighted by molar-refractivity contribution is -0.144. The van der Waals surface area contributed by atoms with Crippen molar-refractivity contribution in [3.05, 3.63) is 41.7 Å². The van der Waals surface area contributed by atoms with Crippen molar-refractivity contribution in [1.29, 1.82) is 0 Å². The smallest absolute Gasteiger partial charge is 0.350 e. The van der Waals surface area contributed by atoms with Gasteiger partial charge in [0.25, 0.3) is 5.91 Å². The van der Waals surface area contributed by atoms with E-state index < -0.39 is 48.8 Å². The maximum atomic E-state index is 13.8. The number of H-pyrrole nitrogens is 1. The van der Waals surface area contributed by atoms with E-state index in [1.807, 2.05) is 0 Å². The number of aromatic amines is 1. The summed E-state index contributed by atoms with van der Waals surface area (Å²) >= 11 is 0. The molecule has 2 atom stereocenters. The molecule has 2 amide bonds. The molecule has 2 heterocycles. The molecule has 0 bridgehead atoms. The lowest BCUT2D eigenvalue weighted by atomic mass is 9.81. The van der Waals surface area contributed by atoms with E-state index in [0.29, 0.717) is 22.4 Å². The minimum Gasteiger partial charge on any atom is -0.350 e. The normalized spacial score (nSPS) is 17.8. The molecule has 2 aromatic heterocycles. The van der Waals surface area contributed by atoms with Gasteiger partial charge < -0.3 is 15.6 Å². The Balaban J connectivity index is 1.54. The summed E-state index contributed by atoms with van der Waals surface area (Å²) in [6.07, 6.45) is -5.17. The molecule has 1 fully saturated rings. The average Bonchev–Trinajstić information content (AvgIpc) is 3.46. The Bertz CT molecular complexity index is 1290. The van der Waals surface area contributed by atoms with Crippen molar-refractivity contribution < 1.29 is 31.5 Å². The SMILES string of the molecule is C[C@@H](NC(=O)CCC(F)(F)F)c1ccc2nc([C@@H](NC(=O)c3ncn(C)n3)C3CCC(F)(F)CC3)[nH]c2c1. The lowest BCUT2D eigenvalue weighted by Gasteiger charge is -2.33. The third kappa shape index (κ3) is 6.84. The van der Waals surface area contributed by atoms with Crippen LogP contribution >= 0.6 is 0 Å². The first-order valence-corrected chi connectivity index (χ1v) is 12.2. The van der Waals surface area contributed by atoms with Crippen LogP contribution in [0, 0.1) is 5.92 Å². The number of aromatic nitrogens is 5. The van der Waals surface area contributed by atoms with Gasteiger partial charge in [-0.1, -0.05) is 6.07 Å². The molecule has 14 heteroatoms. The number of imidazole rings is 1. The Morgan fingerprint density at radius 2 is 1.92 bits per heavy atom. The fourth-order valence-corrected chi connectivity index (χ4v) is 4.57. The Labute approximate surface area is 214 Å². The number of rotatable bonds is 8. The average molecular weight is 542 g/mol. The van der Waals surface area contributed by atoms with Crippen molar-refractivity contribution in [1.82, 2.24) is 35.4 Å². The van der Waals surface area contributed by atoms with Crippen LogP contribution in [0.1, 0.15) is 79.5 Å². The maximum Gasteiger partial charge on any atom is 0.389 e. The summed E-state index contributed by atoms with van der Waals surface area (Å²) in [4.78, 5) is 36.4. The molecule has 9 nitrogen and oxygen atoms in total. The van der Waals surface area contributed by atoms with E-state index in [2.05, 4.69) is 30.7 Å². The molecule has 206 valence electrons. The van der Waals surface area contributed by atoms with Crippen LogP contribution in [-0.4, -0.2) is 48.6 Å². The monoisotopic (exact) mass is 541 g/mol. The number of aryl methyl sites for hydroxylation is 1. The van der Waals surface area contributed by atoms with Crippen LogP contribution in [0.15, 0.2) is 24.5 Å². The Kier molecular flexibility index (Phi) is 7.70. The van der Waals surface area contributed by atoms with Gasteiger partial charge in [-0.3, -0.25) is 14.3 Å². The number of hydrogen-bond acceptors (Lipinski definition) is 5.